The topological polar surface area (TPSA) is 59.1 Å². The van der Waals surface area contributed by atoms with Gasteiger partial charge >= 0.3 is 0 Å². The number of carbonyl (C=O) groups is 2. The van der Waals surface area contributed by atoms with E-state index < -0.39 is 0 Å². The van der Waals surface area contributed by atoms with Crippen molar-refractivity contribution in [1.82, 2.24) is 0 Å². The second-order valence-electron chi connectivity index (χ2n) is 13.5. The lowest BCUT2D eigenvalue weighted by atomic mass is 9.95. The van der Waals surface area contributed by atoms with E-state index >= 15 is 0 Å². The van der Waals surface area contributed by atoms with Crippen molar-refractivity contribution < 1.29 is 19.1 Å². The highest BCUT2D eigenvalue weighted by atomic mass is 32.1. The zero-order chi connectivity index (χ0) is 35.4. The Balaban J connectivity index is 1.50. The van der Waals surface area contributed by atoms with Crippen molar-refractivity contribution in [3.63, 3.8) is 0 Å². The predicted molar refractivity (Wildman–Crippen MR) is 211 cm³/mol. The molecule has 2 amide bonds. The predicted octanol–water partition coefficient (Wildman–Crippen LogP) is 11.2. The van der Waals surface area contributed by atoms with Gasteiger partial charge in [-0.3, -0.25) is 9.59 Å². The second kappa shape index (κ2) is 16.0. The first-order valence-electron chi connectivity index (χ1n) is 18.3. The molecule has 264 valence electrons. The van der Waals surface area contributed by atoms with Gasteiger partial charge in [-0.25, -0.2) is 0 Å². The fourth-order valence-electron chi connectivity index (χ4n) is 7.33. The van der Waals surface area contributed by atoms with E-state index in [9.17, 15) is 9.59 Å². The minimum atomic E-state index is -0.0721. The highest BCUT2D eigenvalue weighted by molar-refractivity contribution is 7.17. The highest BCUT2D eigenvalue weighted by Gasteiger charge is 2.43. The number of methoxy groups -OCH3 is 2. The zero-order valence-corrected chi connectivity index (χ0v) is 32.0. The van der Waals surface area contributed by atoms with Crippen molar-refractivity contribution in [2.45, 2.75) is 79.1 Å². The third kappa shape index (κ3) is 7.02. The highest BCUT2D eigenvalue weighted by Crippen LogP contribution is 2.50. The Bertz CT molecular complexity index is 1740. The molecule has 0 spiro atoms. The average Bonchev–Trinajstić information content (AvgIpc) is 3.93. The molecule has 4 aromatic rings. The van der Waals surface area contributed by atoms with E-state index in [1.54, 1.807) is 36.9 Å². The Kier molecular flexibility index (Phi) is 11.5. The number of anilines is 2. The van der Waals surface area contributed by atoms with Crippen LogP contribution in [0.15, 0.2) is 60.7 Å². The molecule has 0 aliphatic carbocycles. The summed E-state index contributed by atoms with van der Waals surface area (Å²) in [6.45, 7) is 10.1. The van der Waals surface area contributed by atoms with Crippen LogP contribution in [0.4, 0.5) is 11.4 Å². The van der Waals surface area contributed by atoms with Gasteiger partial charge in [-0.05, 0) is 72.2 Å². The van der Waals surface area contributed by atoms with Crippen LogP contribution in [0.2, 0.25) is 0 Å². The molecule has 2 aromatic carbocycles. The molecule has 6 rings (SSSR count). The van der Waals surface area contributed by atoms with Crippen molar-refractivity contribution in [3.8, 4) is 31.0 Å². The van der Waals surface area contributed by atoms with Gasteiger partial charge < -0.3 is 19.3 Å². The van der Waals surface area contributed by atoms with E-state index in [-0.39, 0.29) is 11.8 Å². The Morgan fingerprint density at radius 1 is 0.600 bits per heavy atom. The van der Waals surface area contributed by atoms with Crippen LogP contribution in [0.5, 0.6) is 10.1 Å². The monoisotopic (exact) mass is 710 g/mol. The molecule has 50 heavy (non-hydrogen) atoms. The van der Waals surface area contributed by atoms with Crippen LogP contribution in [-0.2, 0) is 9.59 Å². The number of benzene rings is 2. The van der Waals surface area contributed by atoms with Crippen molar-refractivity contribution >= 4 is 57.0 Å². The van der Waals surface area contributed by atoms with Crippen LogP contribution < -0.4 is 19.3 Å². The third-order valence-corrected chi connectivity index (χ3v) is 12.6. The van der Waals surface area contributed by atoms with Crippen LogP contribution in [0.25, 0.3) is 32.0 Å². The molecular weight excluding hydrogens is 661 g/mol. The second-order valence-corrected chi connectivity index (χ2v) is 15.6. The fraction of sp³-hybridized carbons (Fsp3) is 0.429. The summed E-state index contributed by atoms with van der Waals surface area (Å²) in [6.07, 6.45) is 8.64. The SMILES string of the molecule is CCCCC(CC)CN1C(=O)/C(=C2\C(=O)N(CC(CC)CCCC)c3cc(-c4ccc(OC)s4)ccc32)c2ccc(-c3ccc(OC)s3)cc21. The Labute approximate surface area is 305 Å². The number of nitrogens with zero attached hydrogens (tertiary/aromatic N) is 2. The van der Waals surface area contributed by atoms with Gasteiger partial charge in [-0.2, -0.15) is 0 Å². The lowest BCUT2D eigenvalue weighted by molar-refractivity contribution is -0.114. The minimum absolute atomic E-state index is 0.0721. The molecule has 4 heterocycles. The maximum atomic E-state index is 14.8. The average molecular weight is 711 g/mol. The van der Waals surface area contributed by atoms with Gasteiger partial charge in [0.25, 0.3) is 11.8 Å². The molecule has 2 aromatic heterocycles. The summed E-state index contributed by atoms with van der Waals surface area (Å²) in [5.41, 5.74) is 6.61. The summed E-state index contributed by atoms with van der Waals surface area (Å²) in [6, 6.07) is 20.7. The van der Waals surface area contributed by atoms with Crippen molar-refractivity contribution in [1.29, 1.82) is 0 Å². The molecule has 0 saturated heterocycles. The van der Waals surface area contributed by atoms with Gasteiger partial charge in [0.15, 0.2) is 10.1 Å². The first-order valence-corrected chi connectivity index (χ1v) is 19.9. The largest absolute Gasteiger partial charge is 0.487 e. The number of carbonyl (C=O) groups excluding carboxylic acids is 2. The molecule has 2 unspecified atom stereocenters. The first-order chi connectivity index (χ1) is 24.3. The molecule has 8 heteroatoms. The van der Waals surface area contributed by atoms with E-state index in [0.29, 0.717) is 36.1 Å². The third-order valence-electron chi connectivity index (χ3n) is 10.4. The summed E-state index contributed by atoms with van der Waals surface area (Å²) >= 11 is 3.18. The number of hydrogen-bond donors (Lipinski definition) is 0. The smallest absolute Gasteiger partial charge is 0.259 e. The van der Waals surface area contributed by atoms with Crippen LogP contribution in [0, 0.1) is 11.8 Å². The van der Waals surface area contributed by atoms with Crippen LogP contribution >= 0.6 is 22.7 Å². The van der Waals surface area contributed by atoms with Crippen molar-refractivity contribution in [2.24, 2.45) is 11.8 Å². The van der Waals surface area contributed by atoms with Gasteiger partial charge in [0.1, 0.15) is 0 Å². The number of ether oxygens (including phenoxy) is 2. The van der Waals surface area contributed by atoms with E-state index in [1.165, 1.54) is 0 Å². The summed E-state index contributed by atoms with van der Waals surface area (Å²) in [4.78, 5) is 35.8. The molecule has 0 N–H and O–H groups in total. The van der Waals surface area contributed by atoms with E-state index in [4.69, 9.17) is 9.47 Å². The van der Waals surface area contributed by atoms with Gasteiger partial charge in [0, 0.05) is 34.0 Å². The molecule has 0 bridgehead atoms. The van der Waals surface area contributed by atoms with Gasteiger partial charge in [-0.1, -0.05) is 113 Å². The van der Waals surface area contributed by atoms with E-state index in [0.717, 1.165) is 105 Å². The Hall–Kier alpha value is -3.88. The number of amides is 2. The summed E-state index contributed by atoms with van der Waals surface area (Å²) < 4.78 is 11.0. The van der Waals surface area contributed by atoms with Crippen LogP contribution in [-0.4, -0.2) is 39.1 Å². The molecule has 2 aliphatic heterocycles. The first kappa shape index (κ1) is 35.9. The minimum Gasteiger partial charge on any atom is -0.487 e. The molecule has 0 radical (unpaired) electrons. The molecule has 0 fully saturated rings. The lowest BCUT2D eigenvalue weighted by Crippen LogP contribution is -2.34. The number of hydrogen-bond acceptors (Lipinski definition) is 6. The van der Waals surface area contributed by atoms with Crippen LogP contribution in [0.1, 0.15) is 90.2 Å². The molecule has 0 saturated carbocycles. The number of rotatable bonds is 16. The standard InChI is InChI=1S/C42H50N2O4S2/c1-7-11-13-27(9-3)25-43-33-23-29(35-19-21-37(47-5)49-35)15-17-31(33)39(41(43)45)40-32-18-16-30(36-20-22-38(48-6)50-36)24-34(32)44(42(40)46)26-28(10-4)14-12-8-2/h15-24,27-28H,7-14,25-26H2,1-6H3/b40-39-. The van der Waals surface area contributed by atoms with Crippen molar-refractivity contribution in [3.05, 3.63) is 71.8 Å². The van der Waals surface area contributed by atoms with Gasteiger partial charge in [0.05, 0.1) is 36.7 Å². The zero-order valence-electron chi connectivity index (χ0n) is 30.3. The fourth-order valence-corrected chi connectivity index (χ4v) is 8.96. The molecule has 2 aliphatic rings. The van der Waals surface area contributed by atoms with Crippen molar-refractivity contribution in [2.75, 3.05) is 37.1 Å². The maximum absolute atomic E-state index is 14.8. The van der Waals surface area contributed by atoms with E-state index in [2.05, 4.69) is 76.2 Å². The van der Waals surface area contributed by atoms with Gasteiger partial charge in [-0.15, -0.1) is 0 Å². The number of unbranched alkanes of at least 4 members (excludes halogenated alkanes) is 2. The number of fused-ring (bicyclic) bond motifs is 2. The maximum Gasteiger partial charge on any atom is 0.259 e. The molecular formula is C42H50N2O4S2. The summed E-state index contributed by atoms with van der Waals surface area (Å²) in [5.74, 6) is 0.604. The normalized spacial score (nSPS) is 16.6. The summed E-state index contributed by atoms with van der Waals surface area (Å²) in [5, 5.41) is 1.69. The molecule has 2 atom stereocenters. The molecule has 6 nitrogen and oxygen atoms in total. The number of thiophene rings is 2. The summed E-state index contributed by atoms with van der Waals surface area (Å²) in [7, 11) is 3.37. The lowest BCUT2D eigenvalue weighted by Gasteiger charge is -2.24. The quantitative estimate of drug-likeness (QED) is 0.109. The van der Waals surface area contributed by atoms with Gasteiger partial charge in [0.2, 0.25) is 0 Å². The Morgan fingerprint density at radius 3 is 1.36 bits per heavy atom. The van der Waals surface area contributed by atoms with Crippen LogP contribution in [0.3, 0.4) is 0 Å². The van der Waals surface area contributed by atoms with E-state index in [1.807, 2.05) is 21.9 Å². The Morgan fingerprint density at radius 2 is 1.02 bits per heavy atom.